The van der Waals surface area contributed by atoms with Gasteiger partial charge in [0.05, 0.1) is 19.1 Å². The smallest absolute Gasteiger partial charge is 0.311 e. The van der Waals surface area contributed by atoms with Crippen molar-refractivity contribution < 1.29 is 23.5 Å². The van der Waals surface area contributed by atoms with Gasteiger partial charge in [0.15, 0.2) is 11.6 Å². The van der Waals surface area contributed by atoms with E-state index in [4.69, 9.17) is 9.47 Å². The minimum Gasteiger partial charge on any atom is -0.494 e. The van der Waals surface area contributed by atoms with Crippen molar-refractivity contribution >= 4 is 11.9 Å². The molecule has 1 fully saturated rings. The van der Waals surface area contributed by atoms with E-state index in [1.54, 1.807) is 11.0 Å². The van der Waals surface area contributed by atoms with Gasteiger partial charge in [-0.1, -0.05) is 36.4 Å². The van der Waals surface area contributed by atoms with Gasteiger partial charge in [-0.25, -0.2) is 4.39 Å². The predicted molar refractivity (Wildman–Crippen MR) is 97.4 cm³/mol. The zero-order valence-corrected chi connectivity index (χ0v) is 15.4. The zero-order chi connectivity index (χ0) is 19.4. The van der Waals surface area contributed by atoms with E-state index in [1.807, 2.05) is 37.3 Å². The number of carbonyl (C=O) groups is 2. The Morgan fingerprint density at radius 1 is 1.26 bits per heavy atom. The molecule has 0 radical (unpaired) electrons. The average molecular weight is 371 g/mol. The first-order chi connectivity index (χ1) is 13.0. The second kappa shape index (κ2) is 8.20. The summed E-state index contributed by atoms with van der Waals surface area (Å²) in [7, 11) is 1.39. The maximum atomic E-state index is 13.7. The molecule has 3 rings (SSSR count). The molecule has 142 valence electrons. The van der Waals surface area contributed by atoms with Crippen molar-refractivity contribution in [2.45, 2.75) is 26.0 Å². The molecule has 0 aliphatic carbocycles. The lowest BCUT2D eigenvalue weighted by Gasteiger charge is -2.25. The summed E-state index contributed by atoms with van der Waals surface area (Å²) in [5, 5.41) is 0. The molecule has 2 atom stereocenters. The van der Waals surface area contributed by atoms with E-state index >= 15 is 0 Å². The highest BCUT2D eigenvalue weighted by atomic mass is 19.1. The number of ether oxygens (including phenoxy) is 2. The molecular formula is C21H22FNO4. The molecule has 1 amide bonds. The Labute approximate surface area is 157 Å². The molecule has 0 aromatic heterocycles. The van der Waals surface area contributed by atoms with E-state index in [0.29, 0.717) is 12.1 Å². The van der Waals surface area contributed by atoms with Gasteiger partial charge in [0.1, 0.15) is 6.61 Å². The fourth-order valence-corrected chi connectivity index (χ4v) is 3.25. The molecule has 0 bridgehead atoms. The van der Waals surface area contributed by atoms with Gasteiger partial charge in [-0.2, -0.15) is 0 Å². The molecule has 2 aromatic rings. The molecule has 6 heteroatoms. The minimum atomic E-state index is -0.509. The first-order valence-electron chi connectivity index (χ1n) is 8.83. The second-order valence-electron chi connectivity index (χ2n) is 6.61. The van der Waals surface area contributed by atoms with E-state index in [9.17, 15) is 14.0 Å². The first-order valence-corrected chi connectivity index (χ1v) is 8.83. The highest BCUT2D eigenvalue weighted by Gasteiger charge is 2.37. The maximum absolute atomic E-state index is 13.7. The van der Waals surface area contributed by atoms with E-state index < -0.39 is 17.7 Å². The predicted octanol–water partition coefficient (Wildman–Crippen LogP) is 3.49. The lowest BCUT2D eigenvalue weighted by molar-refractivity contribution is -0.149. The normalized spacial score (nSPS) is 17.7. The van der Waals surface area contributed by atoms with Gasteiger partial charge < -0.3 is 14.4 Å². The second-order valence-corrected chi connectivity index (χ2v) is 6.61. The number of hydrogen-bond acceptors (Lipinski definition) is 4. The van der Waals surface area contributed by atoms with E-state index in [2.05, 4.69) is 0 Å². The van der Waals surface area contributed by atoms with E-state index in [-0.39, 0.29) is 30.7 Å². The molecule has 27 heavy (non-hydrogen) atoms. The average Bonchev–Trinajstić information content (AvgIpc) is 3.08. The van der Waals surface area contributed by atoms with Crippen molar-refractivity contribution in [2.24, 2.45) is 5.92 Å². The van der Waals surface area contributed by atoms with Gasteiger partial charge >= 0.3 is 5.97 Å². The van der Waals surface area contributed by atoms with Crippen LogP contribution in [0.4, 0.5) is 4.39 Å². The summed E-state index contributed by atoms with van der Waals surface area (Å²) < 4.78 is 23.9. The Bertz CT molecular complexity index is 824. The summed E-state index contributed by atoms with van der Waals surface area (Å²) in [6, 6.07) is 14.0. The monoisotopic (exact) mass is 371 g/mol. The highest BCUT2D eigenvalue weighted by Crippen LogP contribution is 2.29. The van der Waals surface area contributed by atoms with E-state index in [0.717, 1.165) is 5.56 Å². The summed E-state index contributed by atoms with van der Waals surface area (Å²) in [5.41, 5.74) is 1.55. The van der Waals surface area contributed by atoms with Crippen molar-refractivity contribution in [2.75, 3.05) is 13.7 Å². The third-order valence-electron chi connectivity index (χ3n) is 4.84. The van der Waals surface area contributed by atoms with Crippen molar-refractivity contribution in [3.63, 3.8) is 0 Å². The van der Waals surface area contributed by atoms with Crippen LogP contribution >= 0.6 is 0 Å². The molecule has 1 saturated heterocycles. The van der Waals surface area contributed by atoms with Crippen molar-refractivity contribution in [3.05, 3.63) is 65.5 Å². The molecule has 0 saturated carbocycles. The Morgan fingerprint density at radius 2 is 2.00 bits per heavy atom. The Hall–Kier alpha value is -2.89. The lowest BCUT2D eigenvalue weighted by atomic mass is 10.1. The number of nitrogens with zero attached hydrogens (tertiary/aromatic N) is 1. The van der Waals surface area contributed by atoms with Gasteiger partial charge in [-0.15, -0.1) is 0 Å². The summed E-state index contributed by atoms with van der Waals surface area (Å²) in [4.78, 5) is 26.4. The molecule has 0 spiro atoms. The van der Waals surface area contributed by atoms with Gasteiger partial charge in [-0.3, -0.25) is 9.59 Å². The topological polar surface area (TPSA) is 55.8 Å². The summed E-state index contributed by atoms with van der Waals surface area (Å²) in [6.07, 6.45) is 0.132. The van der Waals surface area contributed by atoms with Gasteiger partial charge in [-0.05, 0) is 30.2 Å². The van der Waals surface area contributed by atoms with Gasteiger partial charge in [0.25, 0.3) is 0 Å². The minimum absolute atomic E-state index is 0.0430. The van der Waals surface area contributed by atoms with Crippen LogP contribution in [-0.4, -0.2) is 30.4 Å². The van der Waals surface area contributed by atoms with Crippen molar-refractivity contribution in [1.29, 1.82) is 0 Å². The number of esters is 1. The molecule has 0 N–H and O–H groups in total. The molecule has 1 aliphatic heterocycles. The van der Waals surface area contributed by atoms with Crippen LogP contribution in [0.2, 0.25) is 0 Å². The first kappa shape index (κ1) is 18.9. The number of benzene rings is 2. The summed E-state index contributed by atoms with van der Waals surface area (Å²) in [6.45, 7) is 2.23. The third-order valence-corrected chi connectivity index (χ3v) is 4.84. The number of amides is 1. The zero-order valence-electron chi connectivity index (χ0n) is 15.4. The van der Waals surface area contributed by atoms with Crippen LogP contribution in [0, 0.1) is 11.7 Å². The van der Waals surface area contributed by atoms with Crippen molar-refractivity contribution in [1.82, 2.24) is 4.90 Å². The summed E-state index contributed by atoms with van der Waals surface area (Å²) >= 11 is 0. The maximum Gasteiger partial charge on any atom is 0.311 e. The number of likely N-dealkylation sites (tertiary alicyclic amines) is 1. The Kier molecular flexibility index (Phi) is 5.74. The third kappa shape index (κ3) is 4.27. The standard InChI is InChI=1S/C21H22FNO4/c1-14(16-6-4-3-5-7-16)23-12-17(11-20(23)24)21(25)27-13-15-8-9-19(26-2)18(22)10-15/h3-10,14,17H,11-13H2,1-2H3/t14-,17-/m1/s1. The molecule has 5 nitrogen and oxygen atoms in total. The van der Waals surface area contributed by atoms with Crippen LogP contribution in [0.15, 0.2) is 48.5 Å². The molecule has 0 unspecified atom stereocenters. The number of methoxy groups -OCH3 is 1. The summed E-state index contributed by atoms with van der Waals surface area (Å²) in [5.74, 6) is -1.39. The molecular weight excluding hydrogens is 349 g/mol. The SMILES string of the molecule is COc1ccc(COC(=O)[C@@H]2CC(=O)N([C@H](C)c3ccccc3)C2)cc1F. The molecule has 1 aliphatic rings. The molecule has 1 heterocycles. The van der Waals surface area contributed by atoms with Crippen LogP contribution in [0.5, 0.6) is 5.75 Å². The quantitative estimate of drug-likeness (QED) is 0.730. The van der Waals surface area contributed by atoms with Gasteiger partial charge in [0, 0.05) is 13.0 Å². The van der Waals surface area contributed by atoms with Crippen molar-refractivity contribution in [3.8, 4) is 5.75 Å². The number of carbonyl (C=O) groups excluding carboxylic acids is 2. The number of hydrogen-bond donors (Lipinski definition) is 0. The van der Waals surface area contributed by atoms with Crippen LogP contribution in [0.1, 0.15) is 30.5 Å². The Morgan fingerprint density at radius 3 is 2.67 bits per heavy atom. The fraction of sp³-hybridized carbons (Fsp3) is 0.333. The lowest BCUT2D eigenvalue weighted by Crippen LogP contribution is -2.29. The fourth-order valence-electron chi connectivity index (χ4n) is 3.25. The Balaban J connectivity index is 1.58. The van der Waals surface area contributed by atoms with Crippen LogP contribution in [-0.2, 0) is 20.9 Å². The van der Waals surface area contributed by atoms with Crippen LogP contribution in [0.3, 0.4) is 0 Å². The largest absolute Gasteiger partial charge is 0.494 e. The van der Waals surface area contributed by atoms with Crippen LogP contribution in [0.25, 0.3) is 0 Å². The highest BCUT2D eigenvalue weighted by molar-refractivity contribution is 5.87. The van der Waals surface area contributed by atoms with Crippen LogP contribution < -0.4 is 4.74 Å². The number of halogens is 1. The van der Waals surface area contributed by atoms with E-state index in [1.165, 1.54) is 19.2 Å². The number of rotatable bonds is 6. The van der Waals surface area contributed by atoms with Gasteiger partial charge in [0.2, 0.25) is 5.91 Å². The molecule has 2 aromatic carbocycles.